The average Bonchev–Trinajstić information content (AvgIpc) is 2.15. The van der Waals surface area contributed by atoms with E-state index in [2.05, 4.69) is 6.92 Å². The van der Waals surface area contributed by atoms with E-state index >= 15 is 0 Å². The van der Waals surface area contributed by atoms with Gasteiger partial charge < -0.3 is 5.11 Å². The van der Waals surface area contributed by atoms with Crippen molar-refractivity contribution in [1.82, 2.24) is 0 Å². The molecule has 0 saturated carbocycles. The van der Waals surface area contributed by atoms with Crippen LogP contribution in [0.5, 0.6) is 0 Å². The summed E-state index contributed by atoms with van der Waals surface area (Å²) in [7, 11) is 0. The van der Waals surface area contributed by atoms with Crippen LogP contribution in [0.25, 0.3) is 0 Å². The third-order valence-corrected chi connectivity index (χ3v) is 3.23. The Kier molecular flexibility index (Phi) is 10.8. The van der Waals surface area contributed by atoms with Crippen molar-refractivity contribution >= 4 is 17.7 Å². The van der Waals surface area contributed by atoms with Gasteiger partial charge in [0.2, 0.25) is 0 Å². The molecule has 0 aliphatic carbocycles. The van der Waals surface area contributed by atoms with Crippen molar-refractivity contribution in [3.05, 3.63) is 0 Å². The number of carboxylic acid groups (broad SMARTS) is 1. The zero-order valence-electron chi connectivity index (χ0n) is 9.13. The standard InChI is InChI=1S/C11H22O2S/c1-2-3-4-5-6-9-14-10-7-8-11(12)13/h2-10H2,1H3,(H,12,13). The Morgan fingerprint density at radius 1 is 1.07 bits per heavy atom. The van der Waals surface area contributed by atoms with Gasteiger partial charge in [-0.2, -0.15) is 11.8 Å². The molecule has 0 aliphatic heterocycles. The molecule has 0 fully saturated rings. The largest absolute Gasteiger partial charge is 0.481 e. The third-order valence-electron chi connectivity index (χ3n) is 2.07. The molecule has 0 heterocycles. The fraction of sp³-hybridized carbons (Fsp3) is 0.909. The van der Waals surface area contributed by atoms with Crippen molar-refractivity contribution in [3.8, 4) is 0 Å². The summed E-state index contributed by atoms with van der Waals surface area (Å²) in [6.07, 6.45) is 7.76. The Bertz CT molecular complexity index is 137. The molecular formula is C11H22O2S. The van der Waals surface area contributed by atoms with Crippen molar-refractivity contribution in [2.45, 2.75) is 51.9 Å². The Hall–Kier alpha value is -0.180. The van der Waals surface area contributed by atoms with E-state index in [1.54, 1.807) is 0 Å². The summed E-state index contributed by atoms with van der Waals surface area (Å²) in [6, 6.07) is 0. The van der Waals surface area contributed by atoms with Gasteiger partial charge >= 0.3 is 5.97 Å². The third kappa shape index (κ3) is 11.8. The van der Waals surface area contributed by atoms with Crippen molar-refractivity contribution in [2.24, 2.45) is 0 Å². The number of carboxylic acids is 1. The highest BCUT2D eigenvalue weighted by Crippen LogP contribution is 2.10. The summed E-state index contributed by atoms with van der Waals surface area (Å²) in [6.45, 7) is 2.22. The molecule has 0 aromatic rings. The second kappa shape index (κ2) is 10.9. The molecule has 3 heteroatoms. The summed E-state index contributed by atoms with van der Waals surface area (Å²) >= 11 is 1.89. The van der Waals surface area contributed by atoms with Crippen LogP contribution in [0.3, 0.4) is 0 Å². The first-order valence-corrected chi connectivity index (χ1v) is 6.72. The zero-order chi connectivity index (χ0) is 10.6. The molecule has 0 saturated heterocycles. The first-order valence-electron chi connectivity index (χ1n) is 5.57. The molecule has 84 valence electrons. The van der Waals surface area contributed by atoms with Crippen LogP contribution < -0.4 is 0 Å². The van der Waals surface area contributed by atoms with Gasteiger partial charge in [0, 0.05) is 6.42 Å². The molecule has 0 aromatic carbocycles. The maximum Gasteiger partial charge on any atom is 0.303 e. The first-order chi connectivity index (χ1) is 6.77. The van der Waals surface area contributed by atoms with Crippen molar-refractivity contribution in [1.29, 1.82) is 0 Å². The average molecular weight is 218 g/mol. The van der Waals surface area contributed by atoms with E-state index in [0.29, 0.717) is 6.42 Å². The lowest BCUT2D eigenvalue weighted by Gasteiger charge is -2.00. The highest BCUT2D eigenvalue weighted by atomic mass is 32.2. The van der Waals surface area contributed by atoms with Crippen LogP contribution in [0.15, 0.2) is 0 Å². The smallest absolute Gasteiger partial charge is 0.303 e. The van der Waals surface area contributed by atoms with Gasteiger partial charge in [-0.25, -0.2) is 0 Å². The number of thioether (sulfide) groups is 1. The van der Waals surface area contributed by atoms with Crippen molar-refractivity contribution in [3.63, 3.8) is 0 Å². The fourth-order valence-electron chi connectivity index (χ4n) is 1.24. The summed E-state index contributed by atoms with van der Waals surface area (Å²) in [4.78, 5) is 10.2. The maximum atomic E-state index is 10.2. The Morgan fingerprint density at radius 3 is 2.36 bits per heavy atom. The topological polar surface area (TPSA) is 37.3 Å². The highest BCUT2D eigenvalue weighted by Gasteiger charge is 1.96. The summed E-state index contributed by atoms with van der Waals surface area (Å²) in [5, 5.41) is 8.40. The second-order valence-corrected chi connectivity index (χ2v) is 4.75. The van der Waals surface area contributed by atoms with E-state index < -0.39 is 5.97 Å². The quantitative estimate of drug-likeness (QED) is 0.570. The lowest BCUT2D eigenvalue weighted by molar-refractivity contribution is -0.137. The minimum absolute atomic E-state index is 0.322. The molecule has 1 N–H and O–H groups in total. The van der Waals surface area contributed by atoms with Crippen LogP contribution >= 0.6 is 11.8 Å². The minimum Gasteiger partial charge on any atom is -0.481 e. The summed E-state index contributed by atoms with van der Waals surface area (Å²) in [5.74, 6) is 1.53. The van der Waals surface area contributed by atoms with Crippen molar-refractivity contribution < 1.29 is 9.90 Å². The van der Waals surface area contributed by atoms with E-state index in [-0.39, 0.29) is 0 Å². The van der Waals surface area contributed by atoms with Gasteiger partial charge in [-0.05, 0) is 24.3 Å². The first kappa shape index (κ1) is 13.8. The van der Waals surface area contributed by atoms with Gasteiger partial charge in [0.05, 0.1) is 0 Å². The minimum atomic E-state index is -0.673. The molecular weight excluding hydrogens is 196 g/mol. The lowest BCUT2D eigenvalue weighted by atomic mass is 10.2. The maximum absolute atomic E-state index is 10.2. The number of hydrogen-bond acceptors (Lipinski definition) is 2. The van der Waals surface area contributed by atoms with Gasteiger partial charge in [0.25, 0.3) is 0 Å². The van der Waals surface area contributed by atoms with Crippen LogP contribution in [0, 0.1) is 0 Å². The van der Waals surface area contributed by atoms with Gasteiger partial charge in [-0.15, -0.1) is 0 Å². The van der Waals surface area contributed by atoms with Gasteiger partial charge in [0.15, 0.2) is 0 Å². The molecule has 14 heavy (non-hydrogen) atoms. The molecule has 0 radical (unpaired) electrons. The highest BCUT2D eigenvalue weighted by molar-refractivity contribution is 7.99. The van der Waals surface area contributed by atoms with Gasteiger partial charge in [0.1, 0.15) is 0 Å². The number of carbonyl (C=O) groups is 1. The lowest BCUT2D eigenvalue weighted by Crippen LogP contribution is -1.95. The fourth-order valence-corrected chi connectivity index (χ4v) is 2.20. The molecule has 0 aliphatic rings. The summed E-state index contributed by atoms with van der Waals surface area (Å²) < 4.78 is 0. The van der Waals surface area contributed by atoms with Crippen LogP contribution in [0.1, 0.15) is 51.9 Å². The Morgan fingerprint density at radius 2 is 1.71 bits per heavy atom. The zero-order valence-corrected chi connectivity index (χ0v) is 9.94. The van der Waals surface area contributed by atoms with Crippen LogP contribution in [0.4, 0.5) is 0 Å². The van der Waals surface area contributed by atoms with E-state index in [4.69, 9.17) is 5.11 Å². The molecule has 0 unspecified atom stereocenters. The Labute approximate surface area is 91.5 Å². The number of aliphatic carboxylic acids is 1. The predicted molar refractivity (Wildman–Crippen MR) is 63.0 cm³/mol. The number of unbranched alkanes of at least 4 members (excludes halogenated alkanes) is 4. The second-order valence-electron chi connectivity index (χ2n) is 3.52. The van der Waals surface area contributed by atoms with Crippen molar-refractivity contribution in [2.75, 3.05) is 11.5 Å². The van der Waals surface area contributed by atoms with Crippen LogP contribution in [-0.2, 0) is 4.79 Å². The number of rotatable bonds is 10. The molecule has 0 atom stereocenters. The van der Waals surface area contributed by atoms with E-state index in [1.165, 1.54) is 37.9 Å². The molecule has 2 nitrogen and oxygen atoms in total. The molecule has 0 rings (SSSR count). The molecule has 0 aromatic heterocycles. The summed E-state index contributed by atoms with van der Waals surface area (Å²) in [5.41, 5.74) is 0. The van der Waals surface area contributed by atoms with Crippen LogP contribution in [0.2, 0.25) is 0 Å². The van der Waals surface area contributed by atoms with E-state index in [9.17, 15) is 4.79 Å². The Balaban J connectivity index is 2.88. The molecule has 0 amide bonds. The number of hydrogen-bond donors (Lipinski definition) is 1. The van der Waals surface area contributed by atoms with Crippen LogP contribution in [-0.4, -0.2) is 22.6 Å². The molecule has 0 spiro atoms. The normalized spacial score (nSPS) is 10.4. The van der Waals surface area contributed by atoms with Gasteiger partial charge in [-0.1, -0.05) is 32.6 Å². The molecule has 0 bridgehead atoms. The SMILES string of the molecule is CCCCCCCSCCCC(=O)O. The van der Waals surface area contributed by atoms with E-state index in [1.807, 2.05) is 11.8 Å². The monoisotopic (exact) mass is 218 g/mol. The predicted octanol–water partition coefficient (Wildman–Crippen LogP) is 3.55. The van der Waals surface area contributed by atoms with E-state index in [0.717, 1.165) is 12.2 Å². The van der Waals surface area contributed by atoms with Gasteiger partial charge in [-0.3, -0.25) is 4.79 Å².